The normalized spacial score (nSPS) is 11.8. The number of aliphatic imine (C=N–C) groups is 1. The highest BCUT2D eigenvalue weighted by Crippen LogP contribution is 2.29. The Morgan fingerprint density at radius 2 is 2.36 bits per heavy atom. The van der Waals surface area contributed by atoms with Gasteiger partial charge in [0, 0.05) is 12.8 Å². The van der Waals surface area contributed by atoms with Gasteiger partial charge in [-0.05, 0) is 18.2 Å². The van der Waals surface area contributed by atoms with Crippen molar-refractivity contribution in [1.82, 2.24) is 4.98 Å². The number of fused-ring (bicyclic) bond motifs is 1. The van der Waals surface area contributed by atoms with Crippen LogP contribution >= 0.6 is 34.7 Å². The summed E-state index contributed by atoms with van der Waals surface area (Å²) in [5.41, 5.74) is 0.873. The maximum Gasteiger partial charge on any atom is 0.304 e. The van der Waals surface area contributed by atoms with E-state index in [-0.39, 0.29) is 6.42 Å². The van der Waals surface area contributed by atoms with Gasteiger partial charge in [-0.3, -0.25) is 9.79 Å². The van der Waals surface area contributed by atoms with Gasteiger partial charge in [-0.1, -0.05) is 0 Å². The van der Waals surface area contributed by atoms with Crippen LogP contribution in [0.15, 0.2) is 23.2 Å². The number of carbonyl (C=O) groups is 1. The standard InChI is InChI=1S/C14H15ClN2O3S2/c1-16-13(21-7-4-12(18)19)14-17-10-3-2-9(20-6-5-15)8-11(10)22-14/h2-3,8H,4-7H2,1H3,(H,18,19). The van der Waals surface area contributed by atoms with E-state index in [2.05, 4.69) is 9.98 Å². The smallest absolute Gasteiger partial charge is 0.304 e. The summed E-state index contributed by atoms with van der Waals surface area (Å²) in [7, 11) is 1.68. The van der Waals surface area contributed by atoms with Crippen molar-refractivity contribution >= 4 is 55.9 Å². The van der Waals surface area contributed by atoms with E-state index in [9.17, 15) is 4.79 Å². The summed E-state index contributed by atoms with van der Waals surface area (Å²) in [6, 6.07) is 5.69. The molecule has 0 amide bonds. The number of thioether (sulfide) groups is 1. The van der Waals surface area contributed by atoms with E-state index in [1.165, 1.54) is 23.1 Å². The Labute approximate surface area is 141 Å². The molecule has 0 aliphatic rings. The molecule has 1 heterocycles. The van der Waals surface area contributed by atoms with E-state index >= 15 is 0 Å². The fourth-order valence-electron chi connectivity index (χ4n) is 1.70. The van der Waals surface area contributed by atoms with Crippen LogP contribution in [0.5, 0.6) is 5.75 Å². The number of aromatic nitrogens is 1. The highest BCUT2D eigenvalue weighted by atomic mass is 35.5. The van der Waals surface area contributed by atoms with E-state index in [0.29, 0.717) is 18.2 Å². The maximum atomic E-state index is 10.6. The first-order valence-corrected chi connectivity index (χ1v) is 8.89. The van der Waals surface area contributed by atoms with E-state index in [1.807, 2.05) is 18.2 Å². The van der Waals surface area contributed by atoms with Gasteiger partial charge < -0.3 is 9.84 Å². The average Bonchev–Trinajstić information content (AvgIpc) is 2.92. The van der Waals surface area contributed by atoms with Gasteiger partial charge in [0.25, 0.3) is 0 Å². The second-order valence-electron chi connectivity index (χ2n) is 4.21. The minimum Gasteiger partial charge on any atom is -0.492 e. The van der Waals surface area contributed by atoms with Crippen molar-refractivity contribution in [2.75, 3.05) is 25.3 Å². The molecule has 2 rings (SSSR count). The van der Waals surface area contributed by atoms with Crippen LogP contribution in [0.25, 0.3) is 10.2 Å². The van der Waals surface area contributed by atoms with Gasteiger partial charge in [-0.25, -0.2) is 4.98 Å². The first-order chi connectivity index (χ1) is 10.6. The lowest BCUT2D eigenvalue weighted by molar-refractivity contribution is -0.136. The van der Waals surface area contributed by atoms with Crippen molar-refractivity contribution in [3.05, 3.63) is 23.2 Å². The number of benzene rings is 1. The fraction of sp³-hybridized carbons (Fsp3) is 0.357. The molecule has 5 nitrogen and oxygen atoms in total. The molecule has 0 radical (unpaired) electrons. The first kappa shape index (κ1) is 17.1. The molecule has 1 aromatic carbocycles. The predicted octanol–water partition coefficient (Wildman–Crippen LogP) is 3.50. The number of thiazole rings is 1. The van der Waals surface area contributed by atoms with Crippen LogP contribution in [-0.4, -0.2) is 46.4 Å². The minimum absolute atomic E-state index is 0.102. The Bertz CT molecular complexity index is 688. The molecular formula is C14H15ClN2O3S2. The zero-order chi connectivity index (χ0) is 15.9. The van der Waals surface area contributed by atoms with Crippen LogP contribution in [0, 0.1) is 0 Å². The largest absolute Gasteiger partial charge is 0.492 e. The second kappa shape index (κ2) is 8.36. The molecule has 0 unspecified atom stereocenters. The molecule has 0 bridgehead atoms. The lowest BCUT2D eigenvalue weighted by Gasteiger charge is -2.02. The van der Waals surface area contributed by atoms with Crippen LogP contribution in [0.3, 0.4) is 0 Å². The Morgan fingerprint density at radius 1 is 1.55 bits per heavy atom. The molecular weight excluding hydrogens is 344 g/mol. The minimum atomic E-state index is -0.812. The predicted molar refractivity (Wildman–Crippen MR) is 93.0 cm³/mol. The van der Waals surface area contributed by atoms with E-state index in [1.54, 1.807) is 7.05 Å². The summed E-state index contributed by atoms with van der Waals surface area (Å²) in [4.78, 5) is 19.3. The van der Waals surface area contributed by atoms with Crippen LogP contribution < -0.4 is 4.74 Å². The van der Waals surface area contributed by atoms with Gasteiger partial charge in [-0.15, -0.1) is 34.7 Å². The molecule has 1 N–H and O–H groups in total. The van der Waals surface area contributed by atoms with Gasteiger partial charge in [0.05, 0.1) is 22.5 Å². The molecule has 0 atom stereocenters. The molecule has 8 heteroatoms. The molecule has 0 aliphatic carbocycles. The van der Waals surface area contributed by atoms with Crippen LogP contribution in [0.4, 0.5) is 0 Å². The van der Waals surface area contributed by atoms with Crippen molar-refractivity contribution in [3.8, 4) is 5.75 Å². The number of carboxylic acid groups (broad SMARTS) is 1. The van der Waals surface area contributed by atoms with Crippen LogP contribution in [0.2, 0.25) is 0 Å². The maximum absolute atomic E-state index is 10.6. The Balaban J connectivity index is 2.14. The summed E-state index contributed by atoms with van der Waals surface area (Å²) in [5.74, 6) is 0.867. The molecule has 0 aliphatic heterocycles. The first-order valence-electron chi connectivity index (χ1n) is 6.55. The molecule has 22 heavy (non-hydrogen) atoms. The lowest BCUT2D eigenvalue weighted by Crippen LogP contribution is -2.01. The van der Waals surface area contributed by atoms with E-state index in [0.717, 1.165) is 26.0 Å². The Morgan fingerprint density at radius 3 is 3.05 bits per heavy atom. The van der Waals surface area contributed by atoms with Crippen molar-refractivity contribution in [2.45, 2.75) is 6.42 Å². The third-order valence-corrected chi connectivity index (χ3v) is 5.01. The number of nitrogens with zero attached hydrogens (tertiary/aromatic N) is 2. The van der Waals surface area contributed by atoms with Gasteiger partial charge >= 0.3 is 5.97 Å². The van der Waals surface area contributed by atoms with Crippen molar-refractivity contribution in [3.63, 3.8) is 0 Å². The van der Waals surface area contributed by atoms with Gasteiger partial charge in [0.2, 0.25) is 0 Å². The summed E-state index contributed by atoms with van der Waals surface area (Å²) in [6.45, 7) is 0.464. The molecule has 118 valence electrons. The number of alkyl halides is 1. The number of rotatable bonds is 7. The quantitative estimate of drug-likeness (QED) is 0.466. The molecule has 0 fully saturated rings. The molecule has 0 saturated carbocycles. The third kappa shape index (κ3) is 4.59. The summed E-state index contributed by atoms with van der Waals surface area (Å²) >= 11 is 8.53. The highest BCUT2D eigenvalue weighted by Gasteiger charge is 2.12. The monoisotopic (exact) mass is 358 g/mol. The van der Waals surface area contributed by atoms with E-state index in [4.69, 9.17) is 21.4 Å². The molecule has 1 aromatic heterocycles. The van der Waals surface area contributed by atoms with Crippen molar-refractivity contribution in [1.29, 1.82) is 0 Å². The number of hydrogen-bond acceptors (Lipinski definition) is 6. The molecule has 2 aromatic rings. The van der Waals surface area contributed by atoms with Crippen LogP contribution in [0.1, 0.15) is 11.4 Å². The van der Waals surface area contributed by atoms with Gasteiger partial charge in [0.15, 0.2) is 0 Å². The zero-order valence-electron chi connectivity index (χ0n) is 11.9. The number of hydrogen-bond donors (Lipinski definition) is 1. The Hall–Kier alpha value is -1.31. The summed E-state index contributed by atoms with van der Waals surface area (Å²) < 4.78 is 6.50. The zero-order valence-corrected chi connectivity index (χ0v) is 14.3. The topological polar surface area (TPSA) is 71.8 Å². The SMILES string of the molecule is CN=C(SCCC(=O)O)c1nc2ccc(OCCCl)cc2s1. The second-order valence-corrected chi connectivity index (χ2v) is 6.70. The molecule has 0 spiro atoms. The van der Waals surface area contributed by atoms with E-state index < -0.39 is 5.97 Å². The number of aliphatic carboxylic acids is 1. The number of carboxylic acids is 1. The number of ether oxygens (including phenoxy) is 1. The highest BCUT2D eigenvalue weighted by molar-refractivity contribution is 8.14. The number of halogens is 1. The fourth-order valence-corrected chi connectivity index (χ4v) is 3.77. The Kier molecular flexibility index (Phi) is 6.48. The van der Waals surface area contributed by atoms with Crippen molar-refractivity contribution < 1.29 is 14.6 Å². The molecule has 0 saturated heterocycles. The van der Waals surface area contributed by atoms with Gasteiger partial charge in [-0.2, -0.15) is 0 Å². The summed E-state index contributed by atoms with van der Waals surface area (Å²) in [6.07, 6.45) is 0.102. The average molecular weight is 359 g/mol. The summed E-state index contributed by atoms with van der Waals surface area (Å²) in [5, 5.41) is 10.2. The van der Waals surface area contributed by atoms with Crippen LogP contribution in [-0.2, 0) is 4.79 Å². The lowest BCUT2D eigenvalue weighted by atomic mass is 10.3. The third-order valence-electron chi connectivity index (χ3n) is 2.65. The van der Waals surface area contributed by atoms with Gasteiger partial charge in [0.1, 0.15) is 22.4 Å². The van der Waals surface area contributed by atoms with Crippen molar-refractivity contribution in [2.24, 2.45) is 4.99 Å².